The molecule has 4 rings (SSSR count). The molecule has 2 fully saturated rings. The van der Waals surface area contributed by atoms with Crippen LogP contribution < -0.4 is 9.80 Å². The molecule has 0 aromatic heterocycles. The number of benzene rings is 2. The molecule has 160 valence electrons. The highest BCUT2D eigenvalue weighted by atomic mass is 19.4. The van der Waals surface area contributed by atoms with Gasteiger partial charge in [-0.05, 0) is 55.3 Å². The van der Waals surface area contributed by atoms with Crippen LogP contribution in [-0.2, 0) is 6.18 Å². The zero-order valence-corrected chi connectivity index (χ0v) is 16.3. The Bertz CT molecular complexity index is 1080. The van der Waals surface area contributed by atoms with Gasteiger partial charge in [-0.3, -0.25) is 9.80 Å². The number of nitriles is 1. The third-order valence-electron chi connectivity index (χ3n) is 5.87. The number of carbonyl (C=O) groups is 2. The van der Waals surface area contributed by atoms with Gasteiger partial charge in [-0.25, -0.2) is 9.59 Å². The zero-order valence-electron chi connectivity index (χ0n) is 16.3. The number of amides is 2. The minimum absolute atomic E-state index is 0.0781. The van der Waals surface area contributed by atoms with Crippen LogP contribution >= 0.6 is 0 Å². The number of carbonyl (C=O) groups excluding carboxylic acids is 1. The molecule has 2 aliphatic rings. The van der Waals surface area contributed by atoms with E-state index in [4.69, 9.17) is 10.4 Å². The van der Waals surface area contributed by atoms with E-state index in [2.05, 4.69) is 0 Å². The molecule has 2 amide bonds. The maximum absolute atomic E-state index is 13.5. The van der Waals surface area contributed by atoms with Gasteiger partial charge in [-0.2, -0.15) is 18.4 Å². The van der Waals surface area contributed by atoms with Crippen LogP contribution in [0.2, 0.25) is 0 Å². The number of carboxylic acids is 1. The average Bonchev–Trinajstić information content (AvgIpc) is 3.04. The van der Waals surface area contributed by atoms with E-state index in [0.29, 0.717) is 18.5 Å². The number of alkyl halides is 3. The number of nitrogens with zero attached hydrogens (tertiary/aromatic N) is 3. The van der Waals surface area contributed by atoms with Gasteiger partial charge in [-0.15, -0.1) is 0 Å². The molecule has 2 atom stereocenters. The molecule has 1 saturated heterocycles. The summed E-state index contributed by atoms with van der Waals surface area (Å²) in [4.78, 5) is 27.4. The summed E-state index contributed by atoms with van der Waals surface area (Å²) in [6.07, 6.45) is -1.66. The standard InChI is InChI=1S/C22H18F3N3O3/c23-22(24,25)17-11-16(10-7-14(17)12-26)28-19-4-2-1-3-18(19)27(21(28)31)15-8-5-13(6-9-15)20(29)30/h5-11,18-19H,1-4H2,(H,29,30). The van der Waals surface area contributed by atoms with Crippen molar-refractivity contribution in [3.8, 4) is 6.07 Å². The molecule has 31 heavy (non-hydrogen) atoms. The van der Waals surface area contributed by atoms with Crippen molar-refractivity contribution in [2.75, 3.05) is 9.80 Å². The summed E-state index contributed by atoms with van der Waals surface area (Å²) in [6.45, 7) is 0. The molecule has 2 unspecified atom stereocenters. The molecular weight excluding hydrogens is 411 g/mol. The number of anilines is 2. The number of rotatable bonds is 3. The van der Waals surface area contributed by atoms with Crippen LogP contribution in [0.4, 0.5) is 29.3 Å². The first-order valence-electron chi connectivity index (χ1n) is 9.79. The third kappa shape index (κ3) is 3.58. The Hall–Kier alpha value is -3.54. The van der Waals surface area contributed by atoms with Crippen molar-refractivity contribution in [2.45, 2.75) is 43.9 Å². The maximum Gasteiger partial charge on any atom is 0.417 e. The number of hydrogen-bond donors (Lipinski definition) is 1. The van der Waals surface area contributed by atoms with Crippen molar-refractivity contribution in [1.82, 2.24) is 0 Å². The fourth-order valence-corrected chi connectivity index (χ4v) is 4.48. The lowest BCUT2D eigenvalue weighted by molar-refractivity contribution is -0.137. The zero-order chi connectivity index (χ0) is 22.3. The Morgan fingerprint density at radius 2 is 1.55 bits per heavy atom. The van der Waals surface area contributed by atoms with Gasteiger partial charge < -0.3 is 5.11 Å². The summed E-state index contributed by atoms with van der Waals surface area (Å²) in [5.74, 6) is -1.09. The Balaban J connectivity index is 1.76. The summed E-state index contributed by atoms with van der Waals surface area (Å²) < 4.78 is 40.4. The Labute approximate surface area is 176 Å². The van der Waals surface area contributed by atoms with Crippen LogP contribution in [0.5, 0.6) is 0 Å². The summed E-state index contributed by atoms with van der Waals surface area (Å²) >= 11 is 0. The molecule has 6 nitrogen and oxygen atoms in total. The lowest BCUT2D eigenvalue weighted by Gasteiger charge is -2.32. The first kappa shape index (κ1) is 20.7. The molecule has 0 bridgehead atoms. The molecule has 0 spiro atoms. The molecule has 1 N–H and O–H groups in total. The Kier molecular flexibility index (Phi) is 5.09. The number of fused-ring (bicyclic) bond motifs is 1. The first-order chi connectivity index (χ1) is 14.7. The van der Waals surface area contributed by atoms with Crippen molar-refractivity contribution >= 4 is 23.4 Å². The van der Waals surface area contributed by atoms with Crippen LogP contribution in [0.3, 0.4) is 0 Å². The number of aromatic carboxylic acids is 1. The van der Waals surface area contributed by atoms with Crippen LogP contribution in [0.15, 0.2) is 42.5 Å². The van der Waals surface area contributed by atoms with Crippen molar-refractivity contribution in [1.29, 1.82) is 5.26 Å². The molecular formula is C22H18F3N3O3. The number of halogens is 3. The van der Waals surface area contributed by atoms with Crippen LogP contribution in [0.25, 0.3) is 0 Å². The van der Waals surface area contributed by atoms with E-state index in [1.54, 1.807) is 11.0 Å². The molecule has 9 heteroatoms. The molecule has 0 radical (unpaired) electrons. The number of urea groups is 1. The summed E-state index contributed by atoms with van der Waals surface area (Å²) in [5, 5.41) is 18.2. The van der Waals surface area contributed by atoms with Crippen molar-refractivity contribution in [2.24, 2.45) is 0 Å². The van der Waals surface area contributed by atoms with E-state index in [9.17, 15) is 22.8 Å². The predicted octanol–water partition coefficient (Wildman–Crippen LogP) is 5.03. The monoisotopic (exact) mass is 429 g/mol. The van der Waals surface area contributed by atoms with E-state index in [1.807, 2.05) is 0 Å². The van der Waals surface area contributed by atoms with E-state index >= 15 is 0 Å². The van der Waals surface area contributed by atoms with E-state index in [1.165, 1.54) is 35.2 Å². The second-order valence-electron chi connectivity index (χ2n) is 7.63. The molecule has 2 aromatic carbocycles. The average molecular weight is 429 g/mol. The van der Waals surface area contributed by atoms with Gasteiger partial charge >= 0.3 is 18.2 Å². The minimum atomic E-state index is -4.72. The molecule has 1 aliphatic carbocycles. The second kappa shape index (κ2) is 7.61. The van der Waals surface area contributed by atoms with E-state index in [-0.39, 0.29) is 23.3 Å². The van der Waals surface area contributed by atoms with Crippen LogP contribution in [0, 0.1) is 11.3 Å². The van der Waals surface area contributed by atoms with E-state index < -0.39 is 29.3 Å². The third-order valence-corrected chi connectivity index (χ3v) is 5.87. The van der Waals surface area contributed by atoms with Gasteiger partial charge in [0, 0.05) is 11.4 Å². The predicted molar refractivity (Wildman–Crippen MR) is 106 cm³/mol. The molecule has 1 heterocycles. The first-order valence-corrected chi connectivity index (χ1v) is 9.79. The van der Waals surface area contributed by atoms with Gasteiger partial charge in [0.05, 0.1) is 34.8 Å². The number of carboxylic acid groups (broad SMARTS) is 1. The molecule has 2 aromatic rings. The van der Waals surface area contributed by atoms with Crippen molar-refractivity contribution < 1.29 is 27.9 Å². The lowest BCUT2D eigenvalue weighted by Crippen LogP contribution is -2.40. The van der Waals surface area contributed by atoms with Crippen molar-refractivity contribution in [3.63, 3.8) is 0 Å². The summed E-state index contributed by atoms with van der Waals surface area (Å²) in [6, 6.07) is 9.74. The van der Waals surface area contributed by atoms with Gasteiger partial charge in [0.15, 0.2) is 0 Å². The smallest absolute Gasteiger partial charge is 0.417 e. The van der Waals surface area contributed by atoms with Crippen LogP contribution in [0.1, 0.15) is 47.2 Å². The van der Waals surface area contributed by atoms with Gasteiger partial charge in [-0.1, -0.05) is 12.8 Å². The minimum Gasteiger partial charge on any atom is -0.478 e. The fourth-order valence-electron chi connectivity index (χ4n) is 4.48. The quantitative estimate of drug-likeness (QED) is 0.741. The highest BCUT2D eigenvalue weighted by Crippen LogP contribution is 2.42. The SMILES string of the molecule is N#Cc1ccc(N2C(=O)N(c3ccc(C(=O)O)cc3)C3CCCCC32)cc1C(F)(F)F. The largest absolute Gasteiger partial charge is 0.478 e. The fraction of sp³-hybridized carbons (Fsp3) is 0.318. The maximum atomic E-state index is 13.5. The number of hydrogen-bond acceptors (Lipinski definition) is 3. The van der Waals surface area contributed by atoms with Gasteiger partial charge in [0.25, 0.3) is 0 Å². The highest BCUT2D eigenvalue weighted by molar-refractivity contribution is 6.08. The Morgan fingerprint density at radius 3 is 2.06 bits per heavy atom. The normalized spacial score (nSPS) is 21.0. The summed E-state index contributed by atoms with van der Waals surface area (Å²) in [5.41, 5.74) is -0.896. The molecule has 1 aliphatic heterocycles. The topological polar surface area (TPSA) is 84.6 Å². The van der Waals surface area contributed by atoms with E-state index in [0.717, 1.165) is 25.0 Å². The van der Waals surface area contributed by atoms with Crippen molar-refractivity contribution in [3.05, 3.63) is 59.2 Å². The molecule has 1 saturated carbocycles. The summed E-state index contributed by atoms with van der Waals surface area (Å²) in [7, 11) is 0. The van der Waals surface area contributed by atoms with Gasteiger partial charge in [0.1, 0.15) is 0 Å². The van der Waals surface area contributed by atoms with Gasteiger partial charge in [0.2, 0.25) is 0 Å². The highest BCUT2D eigenvalue weighted by Gasteiger charge is 2.48. The Morgan fingerprint density at radius 1 is 1.00 bits per heavy atom. The lowest BCUT2D eigenvalue weighted by atomic mass is 9.89. The second-order valence-corrected chi connectivity index (χ2v) is 7.63. The van der Waals surface area contributed by atoms with Crippen LogP contribution in [-0.4, -0.2) is 29.2 Å².